The fraction of sp³-hybridized carbons (Fsp3) is 1.00. The Labute approximate surface area is 68.8 Å². The molecular weight excluding hydrogens is 140 g/mol. The molecule has 68 valence electrons. The summed E-state index contributed by atoms with van der Waals surface area (Å²) < 4.78 is 0. The average molecular weight is 160 g/mol. The van der Waals surface area contributed by atoms with Gasteiger partial charge in [-0.2, -0.15) is 0 Å². The number of nitrogens with two attached hydrogens (primary N) is 2. The Morgan fingerprint density at radius 1 is 1.36 bits per heavy atom. The first-order valence-corrected chi connectivity index (χ1v) is 4.21. The van der Waals surface area contributed by atoms with Crippen LogP contribution in [0.3, 0.4) is 0 Å². The van der Waals surface area contributed by atoms with Gasteiger partial charge in [-0.3, -0.25) is 0 Å². The molecule has 0 rings (SSSR count). The van der Waals surface area contributed by atoms with E-state index in [9.17, 15) is 5.11 Å². The first kappa shape index (κ1) is 10.9. The van der Waals surface area contributed by atoms with Gasteiger partial charge in [0, 0.05) is 6.04 Å². The molecule has 0 radical (unpaired) electrons. The van der Waals surface area contributed by atoms with Crippen LogP contribution in [0.25, 0.3) is 0 Å². The predicted molar refractivity (Wildman–Crippen MR) is 47.1 cm³/mol. The molecule has 3 heteroatoms. The minimum absolute atomic E-state index is 0.112. The Bertz CT molecular complexity index is 96.1. The van der Waals surface area contributed by atoms with Crippen molar-refractivity contribution in [2.75, 3.05) is 6.54 Å². The molecule has 0 aromatic rings. The molecule has 0 aliphatic carbocycles. The van der Waals surface area contributed by atoms with E-state index in [0.717, 1.165) is 6.42 Å². The lowest BCUT2D eigenvalue weighted by Gasteiger charge is -2.19. The number of aliphatic hydroxyl groups excluding tert-OH is 1. The van der Waals surface area contributed by atoms with Crippen molar-refractivity contribution in [2.45, 2.75) is 38.8 Å². The minimum atomic E-state index is -0.428. The van der Waals surface area contributed by atoms with Crippen LogP contribution in [0.15, 0.2) is 0 Å². The maximum Gasteiger partial charge on any atom is 0.0703 e. The van der Waals surface area contributed by atoms with Gasteiger partial charge in [0.05, 0.1) is 6.10 Å². The molecule has 0 amide bonds. The van der Waals surface area contributed by atoms with Gasteiger partial charge in [-0.1, -0.05) is 13.8 Å². The molecule has 0 saturated carbocycles. The Balaban J connectivity index is 3.54. The summed E-state index contributed by atoms with van der Waals surface area (Å²) in [4.78, 5) is 0. The van der Waals surface area contributed by atoms with Crippen molar-refractivity contribution in [1.29, 1.82) is 0 Å². The Kier molecular flexibility index (Phi) is 5.46. The van der Waals surface area contributed by atoms with Crippen LogP contribution in [-0.4, -0.2) is 23.8 Å². The van der Waals surface area contributed by atoms with Crippen LogP contribution >= 0.6 is 0 Å². The smallest absolute Gasteiger partial charge is 0.0703 e. The van der Waals surface area contributed by atoms with Crippen LogP contribution in [0.1, 0.15) is 26.7 Å². The van der Waals surface area contributed by atoms with Gasteiger partial charge in [0.1, 0.15) is 0 Å². The van der Waals surface area contributed by atoms with E-state index in [1.165, 1.54) is 0 Å². The summed E-state index contributed by atoms with van der Waals surface area (Å²) in [7, 11) is 0. The van der Waals surface area contributed by atoms with Crippen molar-refractivity contribution < 1.29 is 5.11 Å². The quantitative estimate of drug-likeness (QED) is 0.533. The maximum absolute atomic E-state index is 9.36. The lowest BCUT2D eigenvalue weighted by Crippen LogP contribution is -2.37. The zero-order chi connectivity index (χ0) is 8.85. The van der Waals surface area contributed by atoms with Crippen LogP contribution in [0.4, 0.5) is 0 Å². The van der Waals surface area contributed by atoms with Gasteiger partial charge in [0.2, 0.25) is 0 Å². The normalized spacial score (nSPS) is 16.9. The Hall–Kier alpha value is -0.120. The van der Waals surface area contributed by atoms with Crippen LogP contribution in [0.2, 0.25) is 0 Å². The second kappa shape index (κ2) is 5.52. The predicted octanol–water partition coefficient (Wildman–Crippen LogP) is 0.0695. The van der Waals surface area contributed by atoms with Crippen molar-refractivity contribution in [3.05, 3.63) is 0 Å². The summed E-state index contributed by atoms with van der Waals surface area (Å²) in [5.41, 5.74) is 11.0. The first-order valence-electron chi connectivity index (χ1n) is 4.21. The monoisotopic (exact) mass is 160 g/mol. The summed E-state index contributed by atoms with van der Waals surface area (Å²) >= 11 is 0. The second-order valence-corrected chi connectivity index (χ2v) is 3.44. The highest BCUT2D eigenvalue weighted by atomic mass is 16.3. The van der Waals surface area contributed by atoms with Gasteiger partial charge in [0.15, 0.2) is 0 Å². The van der Waals surface area contributed by atoms with E-state index in [4.69, 9.17) is 11.5 Å². The molecule has 0 saturated heterocycles. The summed E-state index contributed by atoms with van der Waals surface area (Å²) in [6.07, 6.45) is 1.04. The van der Waals surface area contributed by atoms with Crippen molar-refractivity contribution in [3.63, 3.8) is 0 Å². The van der Waals surface area contributed by atoms with Crippen LogP contribution in [0, 0.1) is 5.92 Å². The van der Waals surface area contributed by atoms with Crippen molar-refractivity contribution in [1.82, 2.24) is 0 Å². The fourth-order valence-corrected chi connectivity index (χ4v) is 1.09. The number of hydrogen-bond acceptors (Lipinski definition) is 3. The van der Waals surface area contributed by atoms with E-state index in [2.05, 4.69) is 13.8 Å². The number of hydrogen-bond donors (Lipinski definition) is 3. The maximum atomic E-state index is 9.36. The zero-order valence-corrected chi connectivity index (χ0v) is 7.46. The molecule has 3 nitrogen and oxygen atoms in total. The molecule has 0 heterocycles. The van der Waals surface area contributed by atoms with Gasteiger partial charge >= 0.3 is 0 Å². The van der Waals surface area contributed by atoms with Crippen molar-refractivity contribution in [3.8, 4) is 0 Å². The number of aliphatic hydroxyl groups is 1. The molecule has 0 aliphatic heterocycles. The van der Waals surface area contributed by atoms with Gasteiger partial charge in [-0.25, -0.2) is 0 Å². The summed E-state index contributed by atoms with van der Waals surface area (Å²) in [5, 5.41) is 9.36. The third-order valence-electron chi connectivity index (χ3n) is 1.70. The average Bonchev–Trinajstić information content (AvgIpc) is 1.86. The SMILES string of the molecule is CC(C)C[C@H](N)C(O)CCN. The molecular formula is C8H20N2O. The summed E-state index contributed by atoms with van der Waals surface area (Å²) in [6.45, 7) is 4.69. The number of rotatable bonds is 5. The molecule has 0 aromatic carbocycles. The van der Waals surface area contributed by atoms with Crippen molar-refractivity contribution in [2.24, 2.45) is 17.4 Å². The van der Waals surface area contributed by atoms with Gasteiger partial charge in [-0.05, 0) is 25.3 Å². The largest absolute Gasteiger partial charge is 0.391 e. The molecule has 2 atom stereocenters. The van der Waals surface area contributed by atoms with Crippen molar-refractivity contribution >= 4 is 0 Å². The summed E-state index contributed by atoms with van der Waals surface area (Å²) in [5.74, 6) is 0.539. The minimum Gasteiger partial charge on any atom is -0.391 e. The third kappa shape index (κ3) is 5.18. The highest BCUT2D eigenvalue weighted by Crippen LogP contribution is 2.07. The van der Waals surface area contributed by atoms with E-state index in [1.54, 1.807) is 0 Å². The second-order valence-electron chi connectivity index (χ2n) is 3.44. The molecule has 0 aliphatic rings. The fourth-order valence-electron chi connectivity index (χ4n) is 1.09. The molecule has 5 N–H and O–H groups in total. The van der Waals surface area contributed by atoms with E-state index in [0.29, 0.717) is 18.9 Å². The first-order chi connectivity index (χ1) is 5.07. The highest BCUT2D eigenvalue weighted by Gasteiger charge is 2.14. The lowest BCUT2D eigenvalue weighted by atomic mass is 9.98. The van der Waals surface area contributed by atoms with Crippen LogP contribution in [0.5, 0.6) is 0 Å². The third-order valence-corrected chi connectivity index (χ3v) is 1.70. The van der Waals surface area contributed by atoms with Crippen LogP contribution < -0.4 is 11.5 Å². The molecule has 1 unspecified atom stereocenters. The Morgan fingerprint density at radius 2 is 1.91 bits per heavy atom. The van der Waals surface area contributed by atoms with Gasteiger partial charge in [-0.15, -0.1) is 0 Å². The van der Waals surface area contributed by atoms with E-state index < -0.39 is 6.10 Å². The topological polar surface area (TPSA) is 72.3 Å². The van der Waals surface area contributed by atoms with Gasteiger partial charge in [0.25, 0.3) is 0 Å². The van der Waals surface area contributed by atoms with E-state index >= 15 is 0 Å². The van der Waals surface area contributed by atoms with Gasteiger partial charge < -0.3 is 16.6 Å². The molecule has 0 fully saturated rings. The van der Waals surface area contributed by atoms with Crippen LogP contribution in [-0.2, 0) is 0 Å². The standard InChI is InChI=1S/C8H20N2O/c1-6(2)5-7(10)8(11)3-4-9/h6-8,11H,3-5,9-10H2,1-2H3/t7-,8?/m0/s1. The van der Waals surface area contributed by atoms with E-state index in [-0.39, 0.29) is 6.04 Å². The summed E-state index contributed by atoms with van der Waals surface area (Å²) in [6, 6.07) is -0.112. The molecule has 11 heavy (non-hydrogen) atoms. The molecule has 0 aromatic heterocycles. The van der Waals surface area contributed by atoms with E-state index in [1.807, 2.05) is 0 Å². The lowest BCUT2D eigenvalue weighted by molar-refractivity contribution is 0.127. The highest BCUT2D eigenvalue weighted by molar-refractivity contribution is 4.72. The zero-order valence-electron chi connectivity index (χ0n) is 7.46. The molecule has 0 spiro atoms. The molecule has 0 bridgehead atoms. The Morgan fingerprint density at radius 3 is 2.27 bits per heavy atom.